The molecule has 7 heteroatoms. The normalized spacial score (nSPS) is 12.0. The number of hydrogen-bond donors (Lipinski definition) is 1. The van der Waals surface area contributed by atoms with Crippen molar-refractivity contribution < 1.29 is 13.2 Å². The van der Waals surface area contributed by atoms with Crippen molar-refractivity contribution in [2.24, 2.45) is 0 Å². The number of anilines is 1. The number of aromatic nitrogens is 3. The van der Waals surface area contributed by atoms with Crippen molar-refractivity contribution in [2.45, 2.75) is 12.7 Å². The molecule has 2 aromatic heterocycles. The van der Waals surface area contributed by atoms with E-state index in [-0.39, 0.29) is 5.82 Å². The molecule has 0 radical (unpaired) electrons. The third-order valence-corrected chi connectivity index (χ3v) is 3.01. The summed E-state index contributed by atoms with van der Waals surface area (Å²) in [5.74, 6) is 0.175. The van der Waals surface area contributed by atoms with E-state index >= 15 is 0 Å². The van der Waals surface area contributed by atoms with Crippen LogP contribution < -0.4 is 5.73 Å². The molecule has 0 aliphatic heterocycles. The predicted octanol–water partition coefficient (Wildman–Crippen LogP) is 3.24. The zero-order valence-corrected chi connectivity index (χ0v) is 10.8. The van der Waals surface area contributed by atoms with Gasteiger partial charge in [-0.15, -0.1) is 0 Å². The van der Waals surface area contributed by atoms with Crippen LogP contribution in [0, 0.1) is 0 Å². The number of alkyl halides is 3. The molecule has 0 fully saturated rings. The monoisotopic (exact) mass is 292 g/mol. The largest absolute Gasteiger partial charge is 0.406 e. The van der Waals surface area contributed by atoms with Gasteiger partial charge in [-0.05, 0) is 24.3 Å². The third-order valence-electron chi connectivity index (χ3n) is 3.01. The van der Waals surface area contributed by atoms with E-state index in [4.69, 9.17) is 5.73 Å². The third kappa shape index (κ3) is 2.67. The van der Waals surface area contributed by atoms with E-state index in [0.29, 0.717) is 22.4 Å². The Morgan fingerprint density at radius 1 is 1.10 bits per heavy atom. The molecule has 108 valence electrons. The van der Waals surface area contributed by atoms with Crippen LogP contribution in [0.15, 0.2) is 42.6 Å². The molecule has 4 nitrogen and oxygen atoms in total. The summed E-state index contributed by atoms with van der Waals surface area (Å²) in [5, 5.41) is 0. The number of halogens is 3. The first kappa shape index (κ1) is 13.4. The number of hydrogen-bond acceptors (Lipinski definition) is 3. The lowest BCUT2D eigenvalue weighted by atomic mass is 10.3. The van der Waals surface area contributed by atoms with Gasteiger partial charge in [-0.2, -0.15) is 13.2 Å². The van der Waals surface area contributed by atoms with Gasteiger partial charge in [0.1, 0.15) is 12.2 Å². The van der Waals surface area contributed by atoms with Crippen molar-refractivity contribution in [3.63, 3.8) is 0 Å². The Kier molecular flexibility index (Phi) is 3.04. The minimum Gasteiger partial charge on any atom is -0.397 e. The van der Waals surface area contributed by atoms with Crippen molar-refractivity contribution in [2.75, 3.05) is 5.73 Å². The molecule has 21 heavy (non-hydrogen) atoms. The first-order chi connectivity index (χ1) is 9.94. The number of rotatable bonds is 2. The van der Waals surface area contributed by atoms with Crippen molar-refractivity contribution in [3.05, 3.63) is 42.6 Å². The summed E-state index contributed by atoms with van der Waals surface area (Å²) in [6.07, 6.45) is -2.95. The van der Waals surface area contributed by atoms with E-state index in [9.17, 15) is 13.2 Å². The topological polar surface area (TPSA) is 56.7 Å². The Morgan fingerprint density at radius 3 is 2.52 bits per heavy atom. The Balaban J connectivity index is 2.21. The molecule has 1 aromatic carbocycles. The van der Waals surface area contributed by atoms with Crippen molar-refractivity contribution in [3.8, 4) is 11.5 Å². The van der Waals surface area contributed by atoms with E-state index in [1.807, 2.05) is 0 Å². The van der Waals surface area contributed by atoms with Gasteiger partial charge in [-0.25, -0.2) is 4.98 Å². The molecule has 0 unspecified atom stereocenters. The summed E-state index contributed by atoms with van der Waals surface area (Å²) in [5.41, 5.74) is 7.26. The number of imidazole rings is 1. The Morgan fingerprint density at radius 2 is 1.86 bits per heavy atom. The first-order valence-electron chi connectivity index (χ1n) is 6.18. The van der Waals surface area contributed by atoms with Crippen LogP contribution in [-0.4, -0.2) is 20.7 Å². The van der Waals surface area contributed by atoms with E-state index in [1.165, 1.54) is 6.20 Å². The Hall–Kier alpha value is -2.57. The fourth-order valence-corrected chi connectivity index (χ4v) is 2.15. The Labute approximate surface area is 118 Å². The molecule has 2 heterocycles. The van der Waals surface area contributed by atoms with Crippen LogP contribution in [0.3, 0.4) is 0 Å². The van der Waals surface area contributed by atoms with Crippen LogP contribution in [-0.2, 0) is 6.54 Å². The number of nitrogens with zero attached hydrogens (tertiary/aromatic N) is 3. The number of nitrogens with two attached hydrogens (primary N) is 1. The van der Waals surface area contributed by atoms with Gasteiger partial charge in [0.05, 0.1) is 22.9 Å². The van der Waals surface area contributed by atoms with Gasteiger partial charge >= 0.3 is 6.18 Å². The summed E-state index contributed by atoms with van der Waals surface area (Å²) in [6, 6.07) is 9.82. The zero-order valence-electron chi connectivity index (χ0n) is 10.8. The molecule has 0 saturated heterocycles. The summed E-state index contributed by atoms with van der Waals surface area (Å²) < 4.78 is 39.6. The van der Waals surface area contributed by atoms with E-state index in [0.717, 1.165) is 4.57 Å². The summed E-state index contributed by atoms with van der Waals surface area (Å²) in [4.78, 5) is 8.32. The second kappa shape index (κ2) is 4.76. The van der Waals surface area contributed by atoms with Crippen LogP contribution >= 0.6 is 0 Å². The van der Waals surface area contributed by atoms with Gasteiger partial charge in [0.15, 0.2) is 5.82 Å². The highest BCUT2D eigenvalue weighted by Crippen LogP contribution is 2.28. The van der Waals surface area contributed by atoms with Crippen LogP contribution in [0.25, 0.3) is 22.6 Å². The van der Waals surface area contributed by atoms with Crippen molar-refractivity contribution in [1.29, 1.82) is 0 Å². The molecule has 3 rings (SSSR count). The molecule has 0 spiro atoms. The van der Waals surface area contributed by atoms with E-state index in [1.54, 1.807) is 36.4 Å². The van der Waals surface area contributed by atoms with Crippen molar-refractivity contribution in [1.82, 2.24) is 14.5 Å². The average molecular weight is 292 g/mol. The molecule has 0 amide bonds. The molecule has 0 bridgehead atoms. The van der Waals surface area contributed by atoms with Crippen LogP contribution in [0.4, 0.5) is 18.9 Å². The number of benzene rings is 1. The highest BCUT2D eigenvalue weighted by molar-refractivity contribution is 5.80. The average Bonchev–Trinajstić information content (AvgIpc) is 2.77. The standard InChI is InChI=1S/C14H11F3N4/c15-14(16,17)8-21-12-4-2-1-3-10(12)20-13(21)11-6-5-9(18)7-19-11/h1-7H,8,18H2. The fourth-order valence-electron chi connectivity index (χ4n) is 2.15. The molecule has 0 saturated carbocycles. The van der Waals surface area contributed by atoms with Gasteiger partial charge in [0, 0.05) is 0 Å². The van der Waals surface area contributed by atoms with Crippen LogP contribution in [0.5, 0.6) is 0 Å². The molecule has 0 atom stereocenters. The summed E-state index contributed by atoms with van der Waals surface area (Å²) in [6.45, 7) is -1.12. The van der Waals surface area contributed by atoms with Crippen molar-refractivity contribution >= 4 is 16.7 Å². The van der Waals surface area contributed by atoms with Gasteiger partial charge in [0.2, 0.25) is 0 Å². The maximum absolute atomic E-state index is 12.8. The second-order valence-electron chi connectivity index (χ2n) is 4.60. The molecule has 3 aromatic rings. The first-order valence-corrected chi connectivity index (χ1v) is 6.18. The predicted molar refractivity (Wildman–Crippen MR) is 73.4 cm³/mol. The van der Waals surface area contributed by atoms with Gasteiger partial charge < -0.3 is 10.3 Å². The van der Waals surface area contributed by atoms with Gasteiger partial charge in [-0.1, -0.05) is 12.1 Å². The Bertz CT molecular complexity index is 775. The lowest BCUT2D eigenvalue weighted by molar-refractivity contribution is -0.139. The summed E-state index contributed by atoms with van der Waals surface area (Å²) in [7, 11) is 0. The summed E-state index contributed by atoms with van der Waals surface area (Å²) >= 11 is 0. The number of pyridine rings is 1. The maximum atomic E-state index is 12.8. The second-order valence-corrected chi connectivity index (χ2v) is 4.60. The number of para-hydroxylation sites is 2. The van der Waals surface area contributed by atoms with E-state index in [2.05, 4.69) is 9.97 Å². The maximum Gasteiger partial charge on any atom is 0.406 e. The van der Waals surface area contributed by atoms with Crippen LogP contribution in [0.2, 0.25) is 0 Å². The highest BCUT2D eigenvalue weighted by atomic mass is 19.4. The highest BCUT2D eigenvalue weighted by Gasteiger charge is 2.30. The molecule has 0 aliphatic carbocycles. The fraction of sp³-hybridized carbons (Fsp3) is 0.143. The van der Waals surface area contributed by atoms with Crippen LogP contribution in [0.1, 0.15) is 0 Å². The minimum absolute atomic E-state index is 0.175. The quantitative estimate of drug-likeness (QED) is 0.789. The molecule has 2 N–H and O–H groups in total. The molecular weight excluding hydrogens is 281 g/mol. The molecular formula is C14H11F3N4. The van der Waals surface area contributed by atoms with E-state index < -0.39 is 12.7 Å². The number of nitrogen functional groups attached to an aromatic ring is 1. The number of fused-ring (bicyclic) bond motifs is 1. The molecule has 0 aliphatic rings. The lowest BCUT2D eigenvalue weighted by Crippen LogP contribution is -2.18. The smallest absolute Gasteiger partial charge is 0.397 e. The van der Waals surface area contributed by atoms with Gasteiger partial charge in [0.25, 0.3) is 0 Å². The zero-order chi connectivity index (χ0) is 15.0. The lowest BCUT2D eigenvalue weighted by Gasteiger charge is -2.11. The SMILES string of the molecule is Nc1ccc(-c2nc3ccccc3n2CC(F)(F)F)nc1. The minimum atomic E-state index is -4.34. The van der Waals surface area contributed by atoms with Gasteiger partial charge in [-0.3, -0.25) is 4.98 Å².